The zero-order valence-electron chi connectivity index (χ0n) is 12.0. The molecular weight excluding hydrogens is 292 g/mol. The maximum atomic E-state index is 11.6. The molecule has 0 fully saturated rings. The molecular formula is C14H20N2O2S2. The molecule has 20 heavy (non-hydrogen) atoms. The van der Waals surface area contributed by atoms with Crippen molar-refractivity contribution < 1.29 is 9.53 Å². The van der Waals surface area contributed by atoms with Gasteiger partial charge in [-0.25, -0.2) is 0 Å². The van der Waals surface area contributed by atoms with Crippen LogP contribution in [0.3, 0.4) is 0 Å². The highest BCUT2D eigenvalue weighted by Crippen LogP contribution is 2.29. The van der Waals surface area contributed by atoms with Crippen molar-refractivity contribution in [3.63, 3.8) is 0 Å². The number of rotatable bonds is 7. The number of benzene rings is 1. The maximum absolute atomic E-state index is 11.6. The molecule has 0 aromatic heterocycles. The standard InChI is InChI=1S/C14H20N2O2S2/c1-4-8-16(9-12(17)18-2)10-6-5-7-11(20-3)13(10)14(15)19/h5-7H,4,8-9H2,1-3H3,(H2,15,19). The minimum Gasteiger partial charge on any atom is -0.468 e. The number of carbonyl (C=O) groups is 1. The van der Waals surface area contributed by atoms with Crippen LogP contribution in [0.2, 0.25) is 0 Å². The molecule has 1 rings (SSSR count). The molecule has 1 aromatic rings. The summed E-state index contributed by atoms with van der Waals surface area (Å²) >= 11 is 6.76. The van der Waals surface area contributed by atoms with Crippen molar-refractivity contribution in [3.05, 3.63) is 23.8 Å². The van der Waals surface area contributed by atoms with Gasteiger partial charge in [0.2, 0.25) is 0 Å². The summed E-state index contributed by atoms with van der Waals surface area (Å²) in [6.07, 6.45) is 2.89. The normalized spacial score (nSPS) is 10.2. The Balaban J connectivity index is 3.24. The van der Waals surface area contributed by atoms with Gasteiger partial charge in [-0.1, -0.05) is 25.2 Å². The molecule has 4 nitrogen and oxygen atoms in total. The number of hydrogen-bond donors (Lipinski definition) is 1. The molecule has 0 atom stereocenters. The lowest BCUT2D eigenvalue weighted by molar-refractivity contribution is -0.138. The Bertz CT molecular complexity index is 492. The predicted molar refractivity (Wildman–Crippen MR) is 88.6 cm³/mol. The Kier molecular flexibility index (Phi) is 6.81. The number of nitrogens with two attached hydrogens (primary N) is 1. The van der Waals surface area contributed by atoms with Crippen LogP contribution in [0.5, 0.6) is 0 Å². The average molecular weight is 312 g/mol. The molecule has 0 bridgehead atoms. The van der Waals surface area contributed by atoms with Crippen molar-refractivity contribution >= 4 is 40.6 Å². The molecule has 0 saturated carbocycles. The van der Waals surface area contributed by atoms with Crippen molar-refractivity contribution in [2.45, 2.75) is 18.2 Å². The van der Waals surface area contributed by atoms with Crippen LogP contribution in [0.15, 0.2) is 23.1 Å². The largest absolute Gasteiger partial charge is 0.468 e. The SMILES string of the molecule is CCCN(CC(=O)OC)c1cccc(SC)c1C(N)=S. The molecule has 0 spiro atoms. The fourth-order valence-corrected chi connectivity index (χ4v) is 2.89. The number of anilines is 1. The summed E-state index contributed by atoms with van der Waals surface area (Å²) in [6.45, 7) is 2.99. The van der Waals surface area contributed by atoms with Crippen molar-refractivity contribution in [1.82, 2.24) is 0 Å². The van der Waals surface area contributed by atoms with E-state index in [4.69, 9.17) is 22.7 Å². The van der Waals surface area contributed by atoms with E-state index in [0.717, 1.165) is 29.1 Å². The molecule has 0 heterocycles. The van der Waals surface area contributed by atoms with E-state index in [1.54, 1.807) is 11.8 Å². The van der Waals surface area contributed by atoms with Crippen LogP contribution in [-0.4, -0.2) is 37.4 Å². The van der Waals surface area contributed by atoms with Gasteiger partial charge in [-0.3, -0.25) is 4.79 Å². The Morgan fingerprint density at radius 1 is 1.50 bits per heavy atom. The van der Waals surface area contributed by atoms with Crippen LogP contribution >= 0.6 is 24.0 Å². The second-order valence-electron chi connectivity index (χ2n) is 4.22. The highest BCUT2D eigenvalue weighted by molar-refractivity contribution is 7.98. The van der Waals surface area contributed by atoms with Gasteiger partial charge >= 0.3 is 5.97 Å². The molecule has 0 aliphatic heterocycles. The van der Waals surface area contributed by atoms with E-state index >= 15 is 0 Å². The van der Waals surface area contributed by atoms with Gasteiger partial charge in [-0.05, 0) is 24.8 Å². The molecule has 0 aliphatic carbocycles. The zero-order chi connectivity index (χ0) is 15.1. The smallest absolute Gasteiger partial charge is 0.325 e. The first kappa shape index (κ1) is 16.8. The van der Waals surface area contributed by atoms with Crippen LogP contribution < -0.4 is 10.6 Å². The fraction of sp³-hybridized carbons (Fsp3) is 0.429. The molecule has 0 saturated heterocycles. The summed E-state index contributed by atoms with van der Waals surface area (Å²) in [7, 11) is 1.39. The molecule has 6 heteroatoms. The van der Waals surface area contributed by atoms with E-state index in [9.17, 15) is 4.79 Å². The number of nitrogens with zero attached hydrogens (tertiary/aromatic N) is 1. The van der Waals surface area contributed by atoms with E-state index < -0.39 is 0 Å². The first-order chi connectivity index (χ1) is 9.54. The van der Waals surface area contributed by atoms with Gasteiger partial charge < -0.3 is 15.4 Å². The second kappa shape index (κ2) is 8.11. The Labute approximate surface area is 129 Å². The Morgan fingerprint density at radius 2 is 2.20 bits per heavy atom. The monoisotopic (exact) mass is 312 g/mol. The molecule has 0 unspecified atom stereocenters. The van der Waals surface area contributed by atoms with E-state index in [1.807, 2.05) is 29.4 Å². The maximum Gasteiger partial charge on any atom is 0.325 e. The fourth-order valence-electron chi connectivity index (χ4n) is 1.98. The van der Waals surface area contributed by atoms with Gasteiger partial charge in [-0.2, -0.15) is 0 Å². The van der Waals surface area contributed by atoms with Gasteiger partial charge in [0.25, 0.3) is 0 Å². The molecule has 2 N–H and O–H groups in total. The molecule has 110 valence electrons. The molecule has 1 aromatic carbocycles. The summed E-state index contributed by atoms with van der Waals surface area (Å²) in [5.74, 6) is -0.276. The minimum atomic E-state index is -0.276. The Hall–Kier alpha value is -1.27. The lowest BCUT2D eigenvalue weighted by Crippen LogP contribution is -2.33. The van der Waals surface area contributed by atoms with Crippen LogP contribution in [-0.2, 0) is 9.53 Å². The van der Waals surface area contributed by atoms with Gasteiger partial charge in [-0.15, -0.1) is 11.8 Å². The number of esters is 1. The summed E-state index contributed by atoms with van der Waals surface area (Å²) in [4.78, 5) is 14.9. The lowest BCUT2D eigenvalue weighted by Gasteiger charge is -2.26. The number of thioether (sulfide) groups is 1. The number of carbonyl (C=O) groups excluding carboxylic acids is 1. The van der Waals surface area contributed by atoms with Crippen molar-refractivity contribution in [1.29, 1.82) is 0 Å². The van der Waals surface area contributed by atoms with Gasteiger partial charge in [0.1, 0.15) is 11.5 Å². The van der Waals surface area contributed by atoms with Crippen LogP contribution in [0.1, 0.15) is 18.9 Å². The number of methoxy groups -OCH3 is 1. The summed E-state index contributed by atoms with van der Waals surface area (Å²) < 4.78 is 4.76. The average Bonchev–Trinajstić information content (AvgIpc) is 2.45. The minimum absolute atomic E-state index is 0.192. The van der Waals surface area contributed by atoms with Gasteiger partial charge in [0, 0.05) is 22.7 Å². The predicted octanol–water partition coefficient (Wildman–Crippen LogP) is 2.43. The third kappa shape index (κ3) is 4.11. The van der Waals surface area contributed by atoms with Crippen molar-refractivity contribution in [3.8, 4) is 0 Å². The molecule has 0 amide bonds. The second-order valence-corrected chi connectivity index (χ2v) is 5.50. The van der Waals surface area contributed by atoms with Crippen molar-refractivity contribution in [2.75, 3.05) is 31.4 Å². The van der Waals surface area contributed by atoms with Gasteiger partial charge in [0.05, 0.1) is 7.11 Å². The van der Waals surface area contributed by atoms with E-state index in [0.29, 0.717) is 4.99 Å². The quantitative estimate of drug-likeness (QED) is 0.474. The first-order valence-electron chi connectivity index (χ1n) is 6.33. The summed E-state index contributed by atoms with van der Waals surface area (Å²) in [6, 6.07) is 5.86. The van der Waals surface area contributed by atoms with Gasteiger partial charge in [0.15, 0.2) is 0 Å². The van der Waals surface area contributed by atoms with E-state index in [1.165, 1.54) is 7.11 Å². The van der Waals surface area contributed by atoms with E-state index in [2.05, 4.69) is 6.92 Å². The first-order valence-corrected chi connectivity index (χ1v) is 7.97. The van der Waals surface area contributed by atoms with E-state index in [-0.39, 0.29) is 12.5 Å². The number of thiocarbonyl (C=S) groups is 1. The van der Waals surface area contributed by atoms with Crippen LogP contribution in [0, 0.1) is 0 Å². The van der Waals surface area contributed by atoms with Crippen molar-refractivity contribution in [2.24, 2.45) is 5.73 Å². The number of hydrogen-bond acceptors (Lipinski definition) is 5. The van der Waals surface area contributed by atoms with Crippen LogP contribution in [0.25, 0.3) is 0 Å². The topological polar surface area (TPSA) is 55.6 Å². The highest BCUT2D eigenvalue weighted by Gasteiger charge is 2.18. The highest BCUT2D eigenvalue weighted by atomic mass is 32.2. The van der Waals surface area contributed by atoms with Crippen LogP contribution in [0.4, 0.5) is 5.69 Å². The summed E-state index contributed by atoms with van der Waals surface area (Å²) in [5, 5.41) is 0. The Morgan fingerprint density at radius 3 is 2.70 bits per heavy atom. The lowest BCUT2D eigenvalue weighted by atomic mass is 10.1. The third-order valence-corrected chi connectivity index (χ3v) is 3.84. The summed E-state index contributed by atoms with van der Waals surface area (Å²) in [5.41, 5.74) is 7.58. The molecule has 0 aliphatic rings. The zero-order valence-corrected chi connectivity index (χ0v) is 13.6. The molecule has 0 radical (unpaired) electrons. The third-order valence-electron chi connectivity index (χ3n) is 2.85. The number of ether oxygens (including phenoxy) is 1.